The van der Waals surface area contributed by atoms with E-state index < -0.39 is 24.4 Å². The molecule has 0 spiro atoms. The molecule has 0 unspecified atom stereocenters. The van der Waals surface area contributed by atoms with E-state index in [4.69, 9.17) is 4.74 Å². The van der Waals surface area contributed by atoms with Gasteiger partial charge in [-0.05, 0) is 42.3 Å². The van der Waals surface area contributed by atoms with E-state index in [9.17, 15) is 19.2 Å². The summed E-state index contributed by atoms with van der Waals surface area (Å²) in [5.41, 5.74) is 2.16. The predicted octanol–water partition coefficient (Wildman–Crippen LogP) is 2.12. The summed E-state index contributed by atoms with van der Waals surface area (Å²) in [5, 5.41) is 5.01. The quantitative estimate of drug-likeness (QED) is 0.502. The van der Waals surface area contributed by atoms with Gasteiger partial charge in [-0.3, -0.25) is 19.2 Å². The number of esters is 1. The van der Waals surface area contributed by atoms with E-state index in [1.165, 1.54) is 6.08 Å². The number of nitrogens with one attached hydrogen (secondary N) is 2. The molecule has 1 aliphatic rings. The Hall–Kier alpha value is -3.94. The van der Waals surface area contributed by atoms with Gasteiger partial charge < -0.3 is 20.3 Å². The minimum absolute atomic E-state index is 0.0892. The molecule has 3 rings (SSSR count). The number of carbonyl (C=O) groups excluding carboxylic acids is 4. The molecule has 8 heteroatoms. The van der Waals surface area contributed by atoms with Crippen LogP contribution in [-0.2, 0) is 23.9 Å². The molecular weight excluding hydrogens is 398 g/mol. The van der Waals surface area contributed by atoms with E-state index in [0.29, 0.717) is 18.7 Å². The highest BCUT2D eigenvalue weighted by Gasteiger charge is 2.21. The van der Waals surface area contributed by atoms with Crippen LogP contribution in [0.1, 0.15) is 18.4 Å². The van der Waals surface area contributed by atoms with Crippen molar-refractivity contribution in [2.45, 2.75) is 12.8 Å². The second-order valence-electron chi connectivity index (χ2n) is 6.87. The third kappa shape index (κ3) is 6.81. The third-order valence-corrected chi connectivity index (χ3v) is 4.53. The Bertz CT molecular complexity index is 970. The monoisotopic (exact) mass is 421 g/mol. The van der Waals surface area contributed by atoms with Gasteiger partial charge in [-0.25, -0.2) is 0 Å². The highest BCUT2D eigenvalue weighted by atomic mass is 16.5. The van der Waals surface area contributed by atoms with Gasteiger partial charge >= 0.3 is 5.97 Å². The summed E-state index contributed by atoms with van der Waals surface area (Å²) in [6.07, 6.45) is 4.33. The third-order valence-electron chi connectivity index (χ3n) is 4.53. The molecule has 31 heavy (non-hydrogen) atoms. The second kappa shape index (κ2) is 10.7. The standard InChI is InChI=1S/C23H23N3O5/c27-20(13-8-17-5-2-1-3-6-17)24-15-23(30)31-16-21(28)25-18-9-11-19(12-10-18)26-14-4-7-22(26)29/h1-3,5-6,8-13H,4,7,14-16H2,(H,24,27)(H,25,28)/b13-8+. The Balaban J connectivity index is 1.36. The lowest BCUT2D eigenvalue weighted by Gasteiger charge is -2.16. The molecule has 1 saturated heterocycles. The molecule has 0 aliphatic carbocycles. The average Bonchev–Trinajstić information content (AvgIpc) is 3.22. The molecule has 160 valence electrons. The van der Waals surface area contributed by atoms with Gasteiger partial charge in [-0.15, -0.1) is 0 Å². The predicted molar refractivity (Wildman–Crippen MR) is 116 cm³/mol. The Morgan fingerprint density at radius 3 is 2.45 bits per heavy atom. The first-order valence-electron chi connectivity index (χ1n) is 9.88. The highest BCUT2D eigenvalue weighted by molar-refractivity contribution is 5.97. The largest absolute Gasteiger partial charge is 0.454 e. The van der Waals surface area contributed by atoms with Crippen molar-refractivity contribution >= 4 is 41.1 Å². The summed E-state index contributed by atoms with van der Waals surface area (Å²) in [6, 6.07) is 16.1. The summed E-state index contributed by atoms with van der Waals surface area (Å²) in [6.45, 7) is -0.121. The van der Waals surface area contributed by atoms with Gasteiger partial charge in [0.1, 0.15) is 6.54 Å². The van der Waals surface area contributed by atoms with Crippen LogP contribution in [0.25, 0.3) is 6.08 Å². The van der Waals surface area contributed by atoms with Crippen LogP contribution in [0, 0.1) is 0 Å². The van der Waals surface area contributed by atoms with Crippen molar-refractivity contribution in [1.29, 1.82) is 0 Å². The topological polar surface area (TPSA) is 105 Å². The molecule has 2 N–H and O–H groups in total. The molecule has 8 nitrogen and oxygen atoms in total. The van der Waals surface area contributed by atoms with Crippen LogP contribution < -0.4 is 15.5 Å². The van der Waals surface area contributed by atoms with Crippen LogP contribution in [0.2, 0.25) is 0 Å². The van der Waals surface area contributed by atoms with Crippen LogP contribution in [0.15, 0.2) is 60.7 Å². The Morgan fingerprint density at radius 2 is 1.77 bits per heavy atom. The molecule has 1 aliphatic heterocycles. The molecule has 0 aromatic heterocycles. The zero-order chi connectivity index (χ0) is 22.1. The number of nitrogens with zero attached hydrogens (tertiary/aromatic N) is 1. The van der Waals surface area contributed by atoms with Crippen LogP contribution >= 0.6 is 0 Å². The molecule has 0 saturated carbocycles. The van der Waals surface area contributed by atoms with Gasteiger partial charge in [0.25, 0.3) is 5.91 Å². The number of carbonyl (C=O) groups is 4. The molecule has 0 atom stereocenters. The Kier molecular flexibility index (Phi) is 7.53. The lowest BCUT2D eigenvalue weighted by atomic mass is 10.2. The van der Waals surface area contributed by atoms with E-state index in [1.807, 2.05) is 30.3 Å². The zero-order valence-electron chi connectivity index (χ0n) is 16.9. The fourth-order valence-electron chi connectivity index (χ4n) is 2.99. The van der Waals surface area contributed by atoms with Gasteiger partial charge in [0.05, 0.1) is 0 Å². The minimum atomic E-state index is -0.723. The van der Waals surface area contributed by atoms with Gasteiger partial charge in [-0.1, -0.05) is 30.3 Å². The molecule has 2 aromatic rings. The van der Waals surface area contributed by atoms with Crippen LogP contribution in [0.4, 0.5) is 11.4 Å². The van der Waals surface area contributed by atoms with Crippen LogP contribution in [0.3, 0.4) is 0 Å². The Labute approximate surface area is 179 Å². The van der Waals surface area contributed by atoms with Gasteiger partial charge in [0, 0.05) is 30.4 Å². The molecule has 1 heterocycles. The molecule has 0 bridgehead atoms. The SMILES string of the molecule is O=C(/C=C/c1ccccc1)NCC(=O)OCC(=O)Nc1ccc(N2CCCC2=O)cc1. The van der Waals surface area contributed by atoms with Gasteiger partial charge in [0.2, 0.25) is 11.8 Å². The van der Waals surface area contributed by atoms with Crippen molar-refractivity contribution in [2.75, 3.05) is 29.9 Å². The molecule has 3 amide bonds. The summed E-state index contributed by atoms with van der Waals surface area (Å²) in [7, 11) is 0. The smallest absolute Gasteiger partial charge is 0.325 e. The summed E-state index contributed by atoms with van der Waals surface area (Å²) < 4.78 is 4.87. The summed E-state index contributed by atoms with van der Waals surface area (Å²) in [4.78, 5) is 48.9. The number of benzene rings is 2. The first-order chi connectivity index (χ1) is 15.0. The van der Waals surface area contributed by atoms with E-state index >= 15 is 0 Å². The van der Waals surface area contributed by atoms with Crippen molar-refractivity contribution in [1.82, 2.24) is 5.32 Å². The van der Waals surface area contributed by atoms with Crippen molar-refractivity contribution < 1.29 is 23.9 Å². The number of anilines is 2. The van der Waals surface area contributed by atoms with Crippen molar-refractivity contribution in [3.05, 3.63) is 66.2 Å². The first kappa shape index (κ1) is 21.8. The van der Waals surface area contributed by atoms with E-state index in [1.54, 1.807) is 35.2 Å². The summed E-state index contributed by atoms with van der Waals surface area (Å²) >= 11 is 0. The van der Waals surface area contributed by atoms with Crippen LogP contribution in [0.5, 0.6) is 0 Å². The summed E-state index contributed by atoms with van der Waals surface area (Å²) in [5.74, 6) is -1.58. The maximum Gasteiger partial charge on any atom is 0.325 e. The van der Waals surface area contributed by atoms with Gasteiger partial charge in [0.15, 0.2) is 6.61 Å². The number of ether oxygens (including phenoxy) is 1. The first-order valence-corrected chi connectivity index (χ1v) is 9.88. The lowest BCUT2D eigenvalue weighted by molar-refractivity contribution is -0.146. The number of hydrogen-bond acceptors (Lipinski definition) is 5. The van der Waals surface area contributed by atoms with Crippen molar-refractivity contribution in [3.63, 3.8) is 0 Å². The van der Waals surface area contributed by atoms with Gasteiger partial charge in [-0.2, -0.15) is 0 Å². The van der Waals surface area contributed by atoms with E-state index in [-0.39, 0.29) is 12.5 Å². The number of hydrogen-bond donors (Lipinski definition) is 2. The normalized spacial score (nSPS) is 13.3. The van der Waals surface area contributed by atoms with Crippen molar-refractivity contribution in [3.8, 4) is 0 Å². The maximum atomic E-state index is 12.0. The molecular formula is C23H23N3O5. The Morgan fingerprint density at radius 1 is 1.03 bits per heavy atom. The lowest BCUT2D eigenvalue weighted by Crippen LogP contribution is -2.31. The average molecular weight is 421 g/mol. The molecule has 1 fully saturated rings. The van der Waals surface area contributed by atoms with Crippen LogP contribution in [-0.4, -0.2) is 43.4 Å². The maximum absolute atomic E-state index is 12.0. The minimum Gasteiger partial charge on any atom is -0.454 e. The van der Waals surface area contributed by atoms with E-state index in [2.05, 4.69) is 10.6 Å². The fraction of sp³-hybridized carbons (Fsp3) is 0.217. The number of amides is 3. The van der Waals surface area contributed by atoms with Crippen molar-refractivity contribution in [2.24, 2.45) is 0 Å². The fourth-order valence-corrected chi connectivity index (χ4v) is 2.99. The molecule has 0 radical (unpaired) electrons. The molecule has 2 aromatic carbocycles. The van der Waals surface area contributed by atoms with E-state index in [0.717, 1.165) is 17.7 Å². The zero-order valence-corrected chi connectivity index (χ0v) is 16.9. The number of rotatable bonds is 8. The highest BCUT2D eigenvalue weighted by Crippen LogP contribution is 2.22. The second-order valence-corrected chi connectivity index (χ2v) is 6.87.